The zero-order valence-corrected chi connectivity index (χ0v) is 16.3. The van der Waals surface area contributed by atoms with Crippen molar-refractivity contribution in [3.05, 3.63) is 0 Å². The number of hydrogen-bond donors (Lipinski definition) is 0. The summed E-state index contributed by atoms with van der Waals surface area (Å²) in [5.41, 5.74) is 0.0580. The Morgan fingerprint density at radius 1 is 0.778 bits per heavy atom. The molecule has 0 aromatic heterocycles. The molecule has 6 rings (SSSR count). The molecule has 4 heterocycles. The number of epoxide rings is 2. The Kier molecular flexibility index (Phi) is 4.16. The van der Waals surface area contributed by atoms with Gasteiger partial charge in [-0.15, -0.1) is 0 Å². The molecule has 4 aliphatic heterocycles. The van der Waals surface area contributed by atoms with Crippen molar-refractivity contribution in [2.24, 2.45) is 23.2 Å². The predicted molar refractivity (Wildman–Crippen MR) is 94.8 cm³/mol. The lowest BCUT2D eigenvalue weighted by atomic mass is 9.77. The van der Waals surface area contributed by atoms with Crippen LogP contribution < -0.4 is 0 Å². The highest BCUT2D eigenvalue weighted by atomic mass is 17.0. The fourth-order valence-electron chi connectivity index (χ4n) is 6.01. The number of rotatable bonds is 5. The van der Waals surface area contributed by atoms with Gasteiger partial charge >= 0.3 is 6.16 Å². The van der Waals surface area contributed by atoms with Gasteiger partial charge < -0.3 is 28.4 Å². The van der Waals surface area contributed by atoms with Gasteiger partial charge in [0.25, 0.3) is 0 Å². The van der Waals surface area contributed by atoms with Gasteiger partial charge in [0.2, 0.25) is 0 Å². The Morgan fingerprint density at radius 3 is 1.93 bits per heavy atom. The zero-order valence-electron chi connectivity index (χ0n) is 16.3. The molecule has 2 aliphatic carbocycles. The van der Waals surface area contributed by atoms with Crippen LogP contribution in [0.3, 0.4) is 0 Å². The molecule has 6 heteroatoms. The Hall–Kier alpha value is -0.240. The number of fused-ring (bicyclic) bond motifs is 2. The topological polar surface area (TPSA) is 62.0 Å². The quantitative estimate of drug-likeness (QED) is 0.684. The van der Waals surface area contributed by atoms with Gasteiger partial charge in [-0.2, -0.15) is 0 Å². The summed E-state index contributed by atoms with van der Waals surface area (Å²) in [5, 5.41) is 0. The van der Waals surface area contributed by atoms with Crippen LogP contribution in [0.25, 0.3) is 0 Å². The van der Waals surface area contributed by atoms with Gasteiger partial charge in [-0.1, -0.05) is 6.92 Å². The van der Waals surface area contributed by atoms with E-state index < -0.39 is 6.16 Å². The van der Waals surface area contributed by atoms with Gasteiger partial charge in [0.1, 0.15) is 0 Å². The van der Waals surface area contributed by atoms with Crippen molar-refractivity contribution in [3.63, 3.8) is 0 Å². The number of ether oxygens (including phenoxy) is 6. The maximum Gasteiger partial charge on any atom is 0.412 e. The second kappa shape index (κ2) is 6.38. The maximum absolute atomic E-state index is 6.09. The zero-order chi connectivity index (χ0) is 18.1. The SMILES string of the molecule is CCC1(CC2CCC3OC23)COC2(OCC(CC3CCC4OC34)CO2)OC1. The van der Waals surface area contributed by atoms with E-state index in [9.17, 15) is 0 Å². The highest BCUT2D eigenvalue weighted by Gasteiger charge is 2.55. The molecule has 0 N–H and O–H groups in total. The summed E-state index contributed by atoms with van der Waals surface area (Å²) in [4.78, 5) is 0. The van der Waals surface area contributed by atoms with Crippen molar-refractivity contribution < 1.29 is 28.4 Å². The molecule has 4 saturated heterocycles. The minimum atomic E-state index is -1.27. The van der Waals surface area contributed by atoms with E-state index in [4.69, 9.17) is 28.4 Å². The second-order valence-electron chi connectivity index (χ2n) is 9.81. The molecule has 6 atom stereocenters. The molecule has 0 amide bonds. The van der Waals surface area contributed by atoms with Gasteiger partial charge in [-0.25, -0.2) is 0 Å². The van der Waals surface area contributed by atoms with Crippen molar-refractivity contribution in [1.29, 1.82) is 0 Å². The molecule has 0 aromatic carbocycles. The molecule has 0 bridgehead atoms. The molecular weight excluding hydrogens is 348 g/mol. The van der Waals surface area contributed by atoms with Gasteiger partial charge in [0.05, 0.1) is 50.8 Å². The van der Waals surface area contributed by atoms with Gasteiger partial charge in [-0.3, -0.25) is 0 Å². The van der Waals surface area contributed by atoms with Crippen LogP contribution in [0, 0.1) is 23.2 Å². The van der Waals surface area contributed by atoms with E-state index in [-0.39, 0.29) is 5.41 Å². The fourth-order valence-corrected chi connectivity index (χ4v) is 6.01. The normalized spacial score (nSPS) is 56.1. The first kappa shape index (κ1) is 17.6. The van der Waals surface area contributed by atoms with Crippen LogP contribution in [0.2, 0.25) is 0 Å². The van der Waals surface area contributed by atoms with Crippen LogP contribution in [0.15, 0.2) is 0 Å². The van der Waals surface area contributed by atoms with E-state index in [0.29, 0.717) is 68.6 Å². The molecule has 2 saturated carbocycles. The van der Waals surface area contributed by atoms with Crippen LogP contribution in [0.1, 0.15) is 51.9 Å². The molecule has 0 radical (unpaired) electrons. The van der Waals surface area contributed by atoms with E-state index >= 15 is 0 Å². The molecule has 0 aromatic rings. The Morgan fingerprint density at radius 2 is 1.41 bits per heavy atom. The molecular formula is C21H32O6. The lowest BCUT2D eigenvalue weighted by molar-refractivity contribution is -0.542. The minimum absolute atomic E-state index is 0.0580. The Bertz CT molecular complexity index is 563. The van der Waals surface area contributed by atoms with Crippen LogP contribution in [-0.4, -0.2) is 57.0 Å². The van der Waals surface area contributed by atoms with E-state index in [1.807, 2.05) is 0 Å². The van der Waals surface area contributed by atoms with E-state index in [1.54, 1.807) is 0 Å². The molecule has 6 nitrogen and oxygen atoms in total. The monoisotopic (exact) mass is 380 g/mol. The molecule has 152 valence electrons. The summed E-state index contributed by atoms with van der Waals surface area (Å²) in [5.74, 6) is 1.76. The highest BCUT2D eigenvalue weighted by Crippen LogP contribution is 2.50. The van der Waals surface area contributed by atoms with Crippen LogP contribution in [0.5, 0.6) is 0 Å². The summed E-state index contributed by atoms with van der Waals surface area (Å²) in [6.07, 6.45) is 9.15. The minimum Gasteiger partial charge on any atom is -0.369 e. The predicted octanol–water partition coefficient (Wildman–Crippen LogP) is 2.84. The van der Waals surface area contributed by atoms with Crippen LogP contribution >= 0.6 is 0 Å². The van der Waals surface area contributed by atoms with Crippen molar-refractivity contribution in [3.8, 4) is 0 Å². The summed E-state index contributed by atoms with van der Waals surface area (Å²) in [6.45, 7) is 4.81. The van der Waals surface area contributed by atoms with Crippen molar-refractivity contribution in [1.82, 2.24) is 0 Å². The average Bonchev–Trinajstić information content (AvgIpc) is 3.60. The van der Waals surface area contributed by atoms with E-state index in [2.05, 4.69) is 6.92 Å². The standard InChI is InChI=1S/C21H32O6/c1-2-20(8-15-4-6-17-19(15)27-17)11-24-21(25-12-20)22-9-13(10-23-21)7-14-3-5-16-18(14)26-16/h13-19H,2-12H2,1H3. The van der Waals surface area contributed by atoms with E-state index in [0.717, 1.165) is 19.3 Å². The summed E-state index contributed by atoms with van der Waals surface area (Å²) >= 11 is 0. The second-order valence-corrected chi connectivity index (χ2v) is 9.81. The largest absolute Gasteiger partial charge is 0.412 e. The highest BCUT2D eigenvalue weighted by molar-refractivity contribution is 5.00. The molecule has 6 aliphatic rings. The number of hydrogen-bond acceptors (Lipinski definition) is 6. The molecule has 6 fully saturated rings. The lowest BCUT2D eigenvalue weighted by Gasteiger charge is -2.47. The average molecular weight is 380 g/mol. The fraction of sp³-hybridized carbons (Fsp3) is 1.00. The van der Waals surface area contributed by atoms with Gasteiger partial charge in [-0.05, 0) is 56.8 Å². The summed E-state index contributed by atoms with van der Waals surface area (Å²) < 4.78 is 35.6. The van der Waals surface area contributed by atoms with Gasteiger partial charge in [0, 0.05) is 11.3 Å². The summed E-state index contributed by atoms with van der Waals surface area (Å²) in [6, 6.07) is 0. The first-order valence-corrected chi connectivity index (χ1v) is 11.0. The lowest BCUT2D eigenvalue weighted by Crippen LogP contribution is -2.56. The maximum atomic E-state index is 6.09. The van der Waals surface area contributed by atoms with Crippen molar-refractivity contribution >= 4 is 0 Å². The van der Waals surface area contributed by atoms with Crippen molar-refractivity contribution in [2.75, 3.05) is 26.4 Å². The van der Waals surface area contributed by atoms with E-state index in [1.165, 1.54) is 25.7 Å². The first-order chi connectivity index (χ1) is 13.2. The van der Waals surface area contributed by atoms with Gasteiger partial charge in [0.15, 0.2) is 0 Å². The van der Waals surface area contributed by atoms with Crippen LogP contribution in [0.4, 0.5) is 0 Å². The third-order valence-electron chi connectivity index (χ3n) is 8.00. The molecule has 6 unspecified atom stereocenters. The summed E-state index contributed by atoms with van der Waals surface area (Å²) in [7, 11) is 0. The Labute approximate surface area is 161 Å². The Balaban J connectivity index is 1.01. The van der Waals surface area contributed by atoms with Crippen LogP contribution in [-0.2, 0) is 28.4 Å². The first-order valence-electron chi connectivity index (χ1n) is 11.0. The smallest absolute Gasteiger partial charge is 0.369 e. The molecule has 27 heavy (non-hydrogen) atoms. The third kappa shape index (κ3) is 3.17. The molecule has 1 spiro atoms. The third-order valence-corrected chi connectivity index (χ3v) is 8.00. The van der Waals surface area contributed by atoms with Crippen molar-refractivity contribution in [2.45, 2.75) is 82.4 Å².